The third kappa shape index (κ3) is 6.39. The molecule has 1 fully saturated rings. The lowest BCUT2D eigenvalue weighted by Gasteiger charge is -2.31. The maximum Gasteiger partial charge on any atom is 0.254 e. The lowest BCUT2D eigenvalue weighted by Crippen LogP contribution is -2.44. The van der Waals surface area contributed by atoms with E-state index in [1.54, 1.807) is 41.3 Å². The molecule has 1 unspecified atom stereocenters. The van der Waals surface area contributed by atoms with Crippen molar-refractivity contribution in [2.45, 2.75) is 38.7 Å². The molecule has 0 radical (unpaired) electrons. The van der Waals surface area contributed by atoms with Crippen LogP contribution in [0.5, 0.6) is 0 Å². The Bertz CT molecular complexity index is 821. The molecule has 0 saturated carbocycles. The zero-order chi connectivity index (χ0) is 20.6. The van der Waals surface area contributed by atoms with Gasteiger partial charge in [0.2, 0.25) is 5.91 Å². The Labute approximate surface area is 170 Å². The van der Waals surface area contributed by atoms with Crippen molar-refractivity contribution < 1.29 is 18.7 Å². The van der Waals surface area contributed by atoms with Gasteiger partial charge in [-0.25, -0.2) is 4.39 Å². The first-order chi connectivity index (χ1) is 14.0. The minimum Gasteiger partial charge on any atom is -0.375 e. The van der Waals surface area contributed by atoms with Gasteiger partial charge in [0.25, 0.3) is 5.91 Å². The molecular formula is C23H27FN2O3. The maximum absolute atomic E-state index is 12.9. The van der Waals surface area contributed by atoms with Crippen LogP contribution in [0.4, 0.5) is 10.1 Å². The molecule has 0 aliphatic carbocycles. The summed E-state index contributed by atoms with van der Waals surface area (Å²) >= 11 is 0. The summed E-state index contributed by atoms with van der Waals surface area (Å²) in [5, 5.41) is 2.87. The number of morpholine rings is 1. The molecule has 0 aromatic heterocycles. The number of amides is 2. The van der Waals surface area contributed by atoms with E-state index < -0.39 is 0 Å². The highest BCUT2D eigenvalue weighted by molar-refractivity contribution is 5.95. The van der Waals surface area contributed by atoms with Gasteiger partial charge in [-0.2, -0.15) is 0 Å². The molecular weight excluding hydrogens is 371 g/mol. The highest BCUT2D eigenvalue weighted by atomic mass is 19.1. The summed E-state index contributed by atoms with van der Waals surface area (Å²) in [6.45, 7) is 3.70. The number of halogens is 1. The highest BCUT2D eigenvalue weighted by Crippen LogP contribution is 2.15. The van der Waals surface area contributed by atoms with Crippen LogP contribution in [0.25, 0.3) is 0 Å². The molecule has 0 bridgehead atoms. The summed E-state index contributed by atoms with van der Waals surface area (Å²) in [7, 11) is 0. The molecule has 1 aliphatic rings. The van der Waals surface area contributed by atoms with Crippen molar-refractivity contribution in [1.29, 1.82) is 0 Å². The Morgan fingerprint density at radius 2 is 1.83 bits per heavy atom. The van der Waals surface area contributed by atoms with Crippen LogP contribution in [-0.4, -0.2) is 42.5 Å². The third-order valence-electron chi connectivity index (χ3n) is 4.98. The first-order valence-electron chi connectivity index (χ1n) is 10.1. The van der Waals surface area contributed by atoms with E-state index in [0.717, 1.165) is 24.8 Å². The second kappa shape index (κ2) is 10.2. The first kappa shape index (κ1) is 21.0. The van der Waals surface area contributed by atoms with Gasteiger partial charge >= 0.3 is 0 Å². The Morgan fingerprint density at radius 1 is 1.10 bits per heavy atom. The van der Waals surface area contributed by atoms with E-state index in [-0.39, 0.29) is 23.7 Å². The fourth-order valence-corrected chi connectivity index (χ4v) is 3.37. The second-order valence-corrected chi connectivity index (χ2v) is 7.39. The molecule has 2 aromatic carbocycles. The molecule has 0 spiro atoms. The van der Waals surface area contributed by atoms with Gasteiger partial charge in [-0.3, -0.25) is 9.59 Å². The molecule has 2 aromatic rings. The van der Waals surface area contributed by atoms with Gasteiger partial charge in [0.15, 0.2) is 0 Å². The van der Waals surface area contributed by atoms with Crippen LogP contribution in [0.15, 0.2) is 48.5 Å². The number of carbonyl (C=O) groups is 2. The summed E-state index contributed by atoms with van der Waals surface area (Å²) in [6, 6.07) is 13.5. The quantitative estimate of drug-likeness (QED) is 0.716. The molecule has 3 rings (SSSR count). The topological polar surface area (TPSA) is 58.6 Å². The van der Waals surface area contributed by atoms with Crippen molar-refractivity contribution in [3.63, 3.8) is 0 Å². The van der Waals surface area contributed by atoms with E-state index in [1.165, 1.54) is 12.1 Å². The number of ether oxygens (including phenoxy) is 1. The van der Waals surface area contributed by atoms with Crippen molar-refractivity contribution in [2.24, 2.45) is 0 Å². The summed E-state index contributed by atoms with van der Waals surface area (Å²) in [5.74, 6) is -0.302. The third-order valence-corrected chi connectivity index (χ3v) is 4.98. The number of carbonyl (C=O) groups excluding carboxylic acids is 2. The van der Waals surface area contributed by atoms with E-state index in [9.17, 15) is 14.0 Å². The number of unbranched alkanes of at least 4 members (excludes halogenated alkanes) is 1. The number of rotatable bonds is 7. The molecule has 6 heteroatoms. The number of nitrogens with one attached hydrogen (secondary N) is 1. The monoisotopic (exact) mass is 398 g/mol. The van der Waals surface area contributed by atoms with Crippen LogP contribution < -0.4 is 5.32 Å². The van der Waals surface area contributed by atoms with Gasteiger partial charge in [-0.15, -0.1) is 0 Å². The standard InChI is InChI=1S/C23H27FN2O3/c1-17-16-26(14-15-29-17)23(28)19-8-12-21(13-9-19)25-22(27)5-3-2-4-18-6-10-20(24)11-7-18/h6-13,17H,2-5,14-16H2,1H3,(H,25,27). The molecule has 154 valence electrons. The summed E-state index contributed by atoms with van der Waals surface area (Å²) < 4.78 is 18.4. The number of hydrogen-bond acceptors (Lipinski definition) is 3. The average Bonchev–Trinajstić information content (AvgIpc) is 2.72. The molecule has 1 N–H and O–H groups in total. The molecule has 1 aliphatic heterocycles. The van der Waals surface area contributed by atoms with Gasteiger partial charge in [-0.1, -0.05) is 12.1 Å². The molecule has 5 nitrogen and oxygen atoms in total. The summed E-state index contributed by atoms with van der Waals surface area (Å²) in [4.78, 5) is 26.5. The van der Waals surface area contributed by atoms with E-state index in [4.69, 9.17) is 4.74 Å². The van der Waals surface area contributed by atoms with Crippen molar-refractivity contribution in [3.8, 4) is 0 Å². The fraction of sp³-hybridized carbons (Fsp3) is 0.391. The SMILES string of the molecule is CC1CN(C(=O)c2ccc(NC(=O)CCCCc3ccc(F)cc3)cc2)CCO1. The minimum atomic E-state index is -0.236. The lowest BCUT2D eigenvalue weighted by molar-refractivity contribution is -0.116. The van der Waals surface area contributed by atoms with E-state index in [0.29, 0.717) is 37.4 Å². The zero-order valence-electron chi connectivity index (χ0n) is 16.7. The van der Waals surface area contributed by atoms with Crippen molar-refractivity contribution >= 4 is 17.5 Å². The van der Waals surface area contributed by atoms with Crippen LogP contribution >= 0.6 is 0 Å². The Morgan fingerprint density at radius 3 is 2.52 bits per heavy atom. The number of anilines is 1. The number of benzene rings is 2. The highest BCUT2D eigenvalue weighted by Gasteiger charge is 2.22. The van der Waals surface area contributed by atoms with Crippen molar-refractivity contribution in [3.05, 3.63) is 65.5 Å². The van der Waals surface area contributed by atoms with Crippen LogP contribution in [0.3, 0.4) is 0 Å². The van der Waals surface area contributed by atoms with Gasteiger partial charge in [0.05, 0.1) is 12.7 Å². The van der Waals surface area contributed by atoms with Gasteiger partial charge < -0.3 is 15.0 Å². The van der Waals surface area contributed by atoms with Crippen molar-refractivity contribution in [1.82, 2.24) is 4.90 Å². The van der Waals surface area contributed by atoms with E-state index in [1.807, 2.05) is 6.92 Å². The number of aryl methyl sites for hydroxylation is 1. The van der Waals surface area contributed by atoms with Crippen molar-refractivity contribution in [2.75, 3.05) is 25.0 Å². The fourth-order valence-electron chi connectivity index (χ4n) is 3.37. The Hall–Kier alpha value is -2.73. The zero-order valence-corrected chi connectivity index (χ0v) is 16.7. The van der Waals surface area contributed by atoms with E-state index in [2.05, 4.69) is 5.32 Å². The number of hydrogen-bond donors (Lipinski definition) is 1. The summed E-state index contributed by atoms with van der Waals surface area (Å²) in [5.41, 5.74) is 2.36. The Kier molecular flexibility index (Phi) is 7.36. The predicted octanol–water partition coefficient (Wildman–Crippen LogP) is 4.04. The van der Waals surface area contributed by atoms with E-state index >= 15 is 0 Å². The van der Waals surface area contributed by atoms with Gasteiger partial charge in [0, 0.05) is 30.8 Å². The summed E-state index contributed by atoms with van der Waals surface area (Å²) in [6.07, 6.45) is 2.92. The van der Waals surface area contributed by atoms with Gasteiger partial charge in [0.1, 0.15) is 5.82 Å². The smallest absolute Gasteiger partial charge is 0.254 e. The van der Waals surface area contributed by atoms with Crippen LogP contribution in [-0.2, 0) is 16.0 Å². The largest absolute Gasteiger partial charge is 0.375 e. The normalized spacial score (nSPS) is 16.5. The molecule has 1 heterocycles. The lowest BCUT2D eigenvalue weighted by atomic mass is 10.1. The average molecular weight is 398 g/mol. The maximum atomic E-state index is 12.9. The molecule has 1 saturated heterocycles. The second-order valence-electron chi connectivity index (χ2n) is 7.39. The van der Waals surface area contributed by atoms with Crippen LogP contribution in [0.2, 0.25) is 0 Å². The predicted molar refractivity (Wildman–Crippen MR) is 110 cm³/mol. The first-order valence-corrected chi connectivity index (χ1v) is 10.1. The number of nitrogens with zero attached hydrogens (tertiary/aromatic N) is 1. The van der Waals surface area contributed by atoms with Crippen LogP contribution in [0, 0.1) is 5.82 Å². The Balaban J connectivity index is 1.41. The van der Waals surface area contributed by atoms with Gasteiger partial charge in [-0.05, 0) is 68.1 Å². The molecule has 1 atom stereocenters. The van der Waals surface area contributed by atoms with Crippen LogP contribution in [0.1, 0.15) is 42.1 Å². The minimum absolute atomic E-state index is 0.0150. The molecule has 29 heavy (non-hydrogen) atoms. The molecule has 2 amide bonds.